The maximum Gasteiger partial charge on any atom is 0.272 e. The van der Waals surface area contributed by atoms with Crippen LogP contribution in [-0.4, -0.2) is 21.6 Å². The van der Waals surface area contributed by atoms with Gasteiger partial charge in [-0.2, -0.15) is 5.10 Å². The molecule has 0 aliphatic heterocycles. The number of para-hydroxylation sites is 1. The highest BCUT2D eigenvalue weighted by atomic mass is 16.2. The summed E-state index contributed by atoms with van der Waals surface area (Å²) in [5.41, 5.74) is 5.91. The normalized spacial score (nSPS) is 13.2. The first-order valence-corrected chi connectivity index (χ1v) is 11.5. The number of hydrogen-bond acceptors (Lipinski definition) is 3. The molecule has 2 N–H and O–H groups in total. The van der Waals surface area contributed by atoms with Crippen molar-refractivity contribution in [3.05, 3.63) is 113 Å². The highest BCUT2D eigenvalue weighted by Crippen LogP contribution is 2.28. The number of benzene rings is 3. The van der Waals surface area contributed by atoms with E-state index < -0.39 is 6.04 Å². The van der Waals surface area contributed by atoms with Gasteiger partial charge in [-0.15, -0.1) is 0 Å². The standard InChI is InChI=1S/C28H26N4O2/c1-19-15-17-22(18-16-19)32-24-14-8-13-23(24)26(31-32)28(34)30-25(20-9-4-2-5-10-20)27(33)29-21-11-6-3-7-12-21/h2-7,9-12,15-18,25H,8,13-14H2,1H3,(H,29,33)(H,30,34). The van der Waals surface area contributed by atoms with Crippen molar-refractivity contribution >= 4 is 17.5 Å². The van der Waals surface area contributed by atoms with Gasteiger partial charge in [0, 0.05) is 16.9 Å². The number of carbonyl (C=O) groups is 2. The van der Waals surface area contributed by atoms with Gasteiger partial charge in [0.1, 0.15) is 6.04 Å². The second-order valence-corrected chi connectivity index (χ2v) is 8.55. The molecule has 1 aliphatic carbocycles. The molecule has 1 aromatic heterocycles. The quantitative estimate of drug-likeness (QED) is 0.444. The summed E-state index contributed by atoms with van der Waals surface area (Å²) in [5, 5.41) is 10.5. The summed E-state index contributed by atoms with van der Waals surface area (Å²) >= 11 is 0. The van der Waals surface area contributed by atoms with Crippen LogP contribution in [0.2, 0.25) is 0 Å². The molecule has 0 bridgehead atoms. The van der Waals surface area contributed by atoms with E-state index in [1.165, 1.54) is 5.56 Å². The lowest BCUT2D eigenvalue weighted by atomic mass is 10.1. The molecule has 1 heterocycles. The fourth-order valence-electron chi connectivity index (χ4n) is 4.40. The number of aromatic nitrogens is 2. The van der Waals surface area contributed by atoms with Crippen molar-refractivity contribution in [1.82, 2.24) is 15.1 Å². The Bertz CT molecular complexity index is 1310. The van der Waals surface area contributed by atoms with Crippen LogP contribution in [0.25, 0.3) is 5.69 Å². The Morgan fingerprint density at radius 3 is 2.26 bits per heavy atom. The third-order valence-electron chi connectivity index (χ3n) is 6.14. The molecule has 0 saturated carbocycles. The van der Waals surface area contributed by atoms with Crippen LogP contribution in [0.1, 0.15) is 45.3 Å². The largest absolute Gasteiger partial charge is 0.335 e. The molecular formula is C28H26N4O2. The maximum atomic E-state index is 13.5. The minimum atomic E-state index is -0.851. The van der Waals surface area contributed by atoms with E-state index >= 15 is 0 Å². The first-order chi connectivity index (χ1) is 16.6. The molecule has 3 aromatic carbocycles. The molecule has 1 atom stereocenters. The predicted molar refractivity (Wildman–Crippen MR) is 132 cm³/mol. The molecule has 0 radical (unpaired) electrons. The number of nitrogens with one attached hydrogen (secondary N) is 2. The number of aryl methyl sites for hydroxylation is 1. The van der Waals surface area contributed by atoms with Crippen LogP contribution < -0.4 is 10.6 Å². The zero-order valence-electron chi connectivity index (χ0n) is 19.0. The highest BCUT2D eigenvalue weighted by Gasteiger charge is 2.30. The first kappa shape index (κ1) is 21.6. The van der Waals surface area contributed by atoms with E-state index in [4.69, 9.17) is 5.10 Å². The number of rotatable bonds is 6. The van der Waals surface area contributed by atoms with Gasteiger partial charge in [0.2, 0.25) is 0 Å². The molecule has 4 aromatic rings. The van der Waals surface area contributed by atoms with Crippen molar-refractivity contribution in [3.8, 4) is 5.69 Å². The molecule has 1 aliphatic rings. The zero-order chi connectivity index (χ0) is 23.5. The van der Waals surface area contributed by atoms with Crippen molar-refractivity contribution < 1.29 is 9.59 Å². The zero-order valence-corrected chi connectivity index (χ0v) is 19.0. The number of anilines is 1. The van der Waals surface area contributed by atoms with Gasteiger partial charge in [0.05, 0.1) is 5.69 Å². The number of nitrogens with zero attached hydrogens (tertiary/aromatic N) is 2. The van der Waals surface area contributed by atoms with E-state index in [1.54, 1.807) is 0 Å². The predicted octanol–water partition coefficient (Wildman–Crippen LogP) is 4.78. The smallest absolute Gasteiger partial charge is 0.272 e. The van der Waals surface area contributed by atoms with Gasteiger partial charge < -0.3 is 10.6 Å². The summed E-state index contributed by atoms with van der Waals surface area (Å²) in [6.07, 6.45) is 2.66. The lowest BCUT2D eigenvalue weighted by Gasteiger charge is -2.19. The van der Waals surface area contributed by atoms with Crippen LogP contribution in [0.4, 0.5) is 5.69 Å². The number of hydrogen-bond donors (Lipinski definition) is 2. The SMILES string of the molecule is Cc1ccc(-n2nc(C(=O)NC(C(=O)Nc3ccccc3)c3ccccc3)c3c2CCC3)cc1. The summed E-state index contributed by atoms with van der Waals surface area (Å²) in [4.78, 5) is 26.7. The fraction of sp³-hybridized carbons (Fsp3) is 0.179. The topological polar surface area (TPSA) is 76.0 Å². The minimum absolute atomic E-state index is 0.305. The Kier molecular flexibility index (Phi) is 5.95. The molecule has 2 amide bonds. The number of fused-ring (bicyclic) bond motifs is 1. The Balaban J connectivity index is 1.45. The average molecular weight is 451 g/mol. The highest BCUT2D eigenvalue weighted by molar-refractivity contribution is 6.01. The Labute approximate surface area is 198 Å². The van der Waals surface area contributed by atoms with Gasteiger partial charge in [-0.3, -0.25) is 9.59 Å². The van der Waals surface area contributed by atoms with Crippen molar-refractivity contribution in [2.24, 2.45) is 0 Å². The second kappa shape index (κ2) is 9.35. The average Bonchev–Trinajstić information content (AvgIpc) is 3.47. The molecular weight excluding hydrogens is 424 g/mol. The van der Waals surface area contributed by atoms with Gasteiger partial charge in [-0.1, -0.05) is 66.2 Å². The molecule has 6 nitrogen and oxygen atoms in total. The molecule has 5 rings (SSSR count). The van der Waals surface area contributed by atoms with E-state index in [2.05, 4.69) is 10.6 Å². The summed E-state index contributed by atoms with van der Waals surface area (Å²) in [7, 11) is 0. The lowest BCUT2D eigenvalue weighted by molar-refractivity contribution is -0.118. The summed E-state index contributed by atoms with van der Waals surface area (Å²) < 4.78 is 1.87. The third-order valence-corrected chi connectivity index (χ3v) is 6.14. The van der Waals surface area contributed by atoms with E-state index in [0.717, 1.165) is 36.2 Å². The summed E-state index contributed by atoms with van der Waals surface area (Å²) in [5.74, 6) is -0.651. The molecule has 0 saturated heterocycles. The van der Waals surface area contributed by atoms with Crippen LogP contribution in [-0.2, 0) is 17.6 Å². The van der Waals surface area contributed by atoms with E-state index in [0.29, 0.717) is 16.9 Å². The van der Waals surface area contributed by atoms with Crippen LogP contribution in [0.5, 0.6) is 0 Å². The van der Waals surface area contributed by atoms with Crippen molar-refractivity contribution in [3.63, 3.8) is 0 Å². The summed E-state index contributed by atoms with van der Waals surface area (Å²) in [6.45, 7) is 2.04. The number of amides is 2. The van der Waals surface area contributed by atoms with Crippen LogP contribution in [0, 0.1) is 6.92 Å². The van der Waals surface area contributed by atoms with Crippen molar-refractivity contribution in [2.75, 3.05) is 5.32 Å². The van der Waals surface area contributed by atoms with E-state index in [9.17, 15) is 9.59 Å². The minimum Gasteiger partial charge on any atom is -0.335 e. The lowest BCUT2D eigenvalue weighted by Crippen LogP contribution is -2.37. The molecule has 170 valence electrons. The molecule has 1 unspecified atom stereocenters. The molecule has 34 heavy (non-hydrogen) atoms. The van der Waals surface area contributed by atoms with Crippen LogP contribution >= 0.6 is 0 Å². The maximum absolute atomic E-state index is 13.5. The fourth-order valence-corrected chi connectivity index (χ4v) is 4.40. The molecule has 6 heteroatoms. The second-order valence-electron chi connectivity index (χ2n) is 8.55. The van der Waals surface area contributed by atoms with E-state index in [1.807, 2.05) is 96.5 Å². The van der Waals surface area contributed by atoms with Gasteiger partial charge in [-0.05, 0) is 56.0 Å². The third kappa shape index (κ3) is 4.35. The van der Waals surface area contributed by atoms with Crippen LogP contribution in [0.15, 0.2) is 84.9 Å². The van der Waals surface area contributed by atoms with E-state index in [-0.39, 0.29) is 11.8 Å². The van der Waals surface area contributed by atoms with Gasteiger partial charge in [0.25, 0.3) is 11.8 Å². The number of carbonyl (C=O) groups excluding carboxylic acids is 2. The monoisotopic (exact) mass is 450 g/mol. The molecule has 0 fully saturated rings. The van der Waals surface area contributed by atoms with Crippen molar-refractivity contribution in [1.29, 1.82) is 0 Å². The van der Waals surface area contributed by atoms with Crippen LogP contribution in [0.3, 0.4) is 0 Å². The Hall–Kier alpha value is -4.19. The van der Waals surface area contributed by atoms with Gasteiger partial charge in [-0.25, -0.2) is 4.68 Å². The van der Waals surface area contributed by atoms with Gasteiger partial charge in [0.15, 0.2) is 5.69 Å². The summed E-state index contributed by atoms with van der Waals surface area (Å²) in [6, 6.07) is 25.8. The first-order valence-electron chi connectivity index (χ1n) is 11.5. The van der Waals surface area contributed by atoms with Crippen molar-refractivity contribution in [2.45, 2.75) is 32.2 Å². The molecule has 0 spiro atoms. The Morgan fingerprint density at radius 1 is 0.882 bits per heavy atom. The van der Waals surface area contributed by atoms with Gasteiger partial charge >= 0.3 is 0 Å². The Morgan fingerprint density at radius 2 is 1.56 bits per heavy atom.